The highest BCUT2D eigenvalue weighted by Crippen LogP contribution is 2.29. The van der Waals surface area contributed by atoms with Crippen molar-refractivity contribution >= 4 is 0 Å². The van der Waals surface area contributed by atoms with Crippen LogP contribution in [0.3, 0.4) is 0 Å². The van der Waals surface area contributed by atoms with E-state index in [-0.39, 0.29) is 0 Å². The zero-order valence-corrected chi connectivity index (χ0v) is 13.8. The standard InChI is InChI=1S/C17H29NO3/c1-5-14(3)13-21-16-8-7-15(11-17(16)20-6-2)12-18-9-10-19-4/h7-8,11,14,18H,5-6,9-10,12-13H2,1-4H3. The van der Waals surface area contributed by atoms with Gasteiger partial charge in [0.15, 0.2) is 11.5 Å². The molecule has 0 aliphatic heterocycles. The minimum absolute atomic E-state index is 0.551. The van der Waals surface area contributed by atoms with Gasteiger partial charge in [-0.15, -0.1) is 0 Å². The molecule has 0 saturated heterocycles. The Morgan fingerprint density at radius 3 is 2.62 bits per heavy atom. The molecule has 1 aromatic carbocycles. The van der Waals surface area contributed by atoms with Gasteiger partial charge in [0, 0.05) is 20.2 Å². The van der Waals surface area contributed by atoms with Crippen molar-refractivity contribution in [3.8, 4) is 11.5 Å². The second-order valence-corrected chi connectivity index (χ2v) is 5.21. The number of hydrogen-bond donors (Lipinski definition) is 1. The molecule has 0 aliphatic carbocycles. The maximum atomic E-state index is 5.87. The molecule has 21 heavy (non-hydrogen) atoms. The number of rotatable bonds is 11. The Bertz CT molecular complexity index is 396. The van der Waals surface area contributed by atoms with Crippen LogP contribution < -0.4 is 14.8 Å². The van der Waals surface area contributed by atoms with Crippen molar-refractivity contribution in [2.75, 3.05) is 33.5 Å². The Balaban J connectivity index is 2.62. The van der Waals surface area contributed by atoms with Gasteiger partial charge in [-0.2, -0.15) is 0 Å². The van der Waals surface area contributed by atoms with Gasteiger partial charge in [-0.05, 0) is 30.5 Å². The predicted octanol–water partition coefficient (Wildman–Crippen LogP) is 3.25. The minimum Gasteiger partial charge on any atom is -0.490 e. The molecule has 0 aromatic heterocycles. The largest absolute Gasteiger partial charge is 0.490 e. The fourth-order valence-electron chi connectivity index (χ4n) is 1.81. The lowest BCUT2D eigenvalue weighted by Gasteiger charge is -2.16. The number of methoxy groups -OCH3 is 1. The first kappa shape index (κ1) is 17.8. The fourth-order valence-corrected chi connectivity index (χ4v) is 1.81. The minimum atomic E-state index is 0.551. The Kier molecular flexibility index (Phi) is 8.87. The van der Waals surface area contributed by atoms with E-state index >= 15 is 0 Å². The fraction of sp³-hybridized carbons (Fsp3) is 0.647. The third kappa shape index (κ3) is 6.82. The zero-order valence-electron chi connectivity index (χ0n) is 13.8. The van der Waals surface area contributed by atoms with Crippen LogP contribution in [0.15, 0.2) is 18.2 Å². The molecule has 1 rings (SSSR count). The van der Waals surface area contributed by atoms with Gasteiger partial charge in [-0.1, -0.05) is 26.3 Å². The Hall–Kier alpha value is -1.26. The molecule has 1 atom stereocenters. The van der Waals surface area contributed by atoms with Crippen LogP contribution in [0.4, 0.5) is 0 Å². The van der Waals surface area contributed by atoms with E-state index in [1.165, 1.54) is 5.56 Å². The molecule has 120 valence electrons. The number of nitrogens with one attached hydrogen (secondary N) is 1. The second-order valence-electron chi connectivity index (χ2n) is 5.21. The van der Waals surface area contributed by atoms with Gasteiger partial charge < -0.3 is 19.5 Å². The molecule has 1 aromatic rings. The first-order valence-electron chi connectivity index (χ1n) is 7.79. The van der Waals surface area contributed by atoms with Gasteiger partial charge in [0.1, 0.15) is 0 Å². The lowest BCUT2D eigenvalue weighted by Crippen LogP contribution is -2.18. The van der Waals surface area contributed by atoms with E-state index in [1.54, 1.807) is 7.11 Å². The molecule has 0 saturated carbocycles. The Morgan fingerprint density at radius 2 is 1.95 bits per heavy atom. The van der Waals surface area contributed by atoms with Crippen LogP contribution >= 0.6 is 0 Å². The van der Waals surface area contributed by atoms with Crippen LogP contribution in [-0.4, -0.2) is 33.5 Å². The number of benzene rings is 1. The summed E-state index contributed by atoms with van der Waals surface area (Å²) in [4.78, 5) is 0. The molecule has 1 N–H and O–H groups in total. The summed E-state index contributed by atoms with van der Waals surface area (Å²) in [5.74, 6) is 2.21. The van der Waals surface area contributed by atoms with E-state index in [1.807, 2.05) is 13.0 Å². The van der Waals surface area contributed by atoms with E-state index in [2.05, 4.69) is 31.3 Å². The van der Waals surface area contributed by atoms with Gasteiger partial charge >= 0.3 is 0 Å². The molecule has 4 heteroatoms. The summed E-state index contributed by atoms with van der Waals surface area (Å²) in [5.41, 5.74) is 1.19. The maximum absolute atomic E-state index is 5.87. The molecular formula is C17H29NO3. The summed E-state index contributed by atoms with van der Waals surface area (Å²) in [5, 5.41) is 3.33. The van der Waals surface area contributed by atoms with Gasteiger partial charge in [-0.25, -0.2) is 0 Å². The summed E-state index contributed by atoms with van der Waals surface area (Å²) in [6.45, 7) is 10.1. The van der Waals surface area contributed by atoms with Crippen molar-refractivity contribution in [3.05, 3.63) is 23.8 Å². The van der Waals surface area contributed by atoms with Crippen LogP contribution in [0.2, 0.25) is 0 Å². The van der Waals surface area contributed by atoms with Crippen molar-refractivity contribution in [2.45, 2.75) is 33.7 Å². The summed E-state index contributed by atoms with van der Waals surface area (Å²) >= 11 is 0. The predicted molar refractivity (Wildman–Crippen MR) is 86.1 cm³/mol. The third-order valence-corrected chi connectivity index (χ3v) is 3.34. The third-order valence-electron chi connectivity index (χ3n) is 3.34. The van der Waals surface area contributed by atoms with E-state index < -0.39 is 0 Å². The van der Waals surface area contributed by atoms with Crippen LogP contribution in [0.25, 0.3) is 0 Å². The van der Waals surface area contributed by atoms with Crippen molar-refractivity contribution < 1.29 is 14.2 Å². The van der Waals surface area contributed by atoms with Crippen LogP contribution in [0, 0.1) is 5.92 Å². The van der Waals surface area contributed by atoms with Crippen molar-refractivity contribution in [2.24, 2.45) is 5.92 Å². The molecule has 0 aliphatic rings. The van der Waals surface area contributed by atoms with Crippen molar-refractivity contribution in [1.29, 1.82) is 0 Å². The molecular weight excluding hydrogens is 266 g/mol. The molecule has 1 unspecified atom stereocenters. The second kappa shape index (κ2) is 10.5. The van der Waals surface area contributed by atoms with Crippen LogP contribution in [0.5, 0.6) is 11.5 Å². The average molecular weight is 295 g/mol. The van der Waals surface area contributed by atoms with Crippen molar-refractivity contribution in [1.82, 2.24) is 5.32 Å². The van der Waals surface area contributed by atoms with Crippen molar-refractivity contribution in [3.63, 3.8) is 0 Å². The van der Waals surface area contributed by atoms with Gasteiger partial charge in [0.2, 0.25) is 0 Å². The lowest BCUT2D eigenvalue weighted by atomic mass is 10.1. The topological polar surface area (TPSA) is 39.7 Å². The highest BCUT2D eigenvalue weighted by Gasteiger charge is 2.08. The first-order chi connectivity index (χ1) is 10.2. The molecule has 0 spiro atoms. The summed E-state index contributed by atoms with van der Waals surface area (Å²) in [6, 6.07) is 6.13. The first-order valence-corrected chi connectivity index (χ1v) is 7.79. The monoisotopic (exact) mass is 295 g/mol. The number of hydrogen-bond acceptors (Lipinski definition) is 4. The van der Waals surface area contributed by atoms with E-state index in [0.717, 1.165) is 37.6 Å². The Labute approximate surface area is 128 Å². The molecule has 4 nitrogen and oxygen atoms in total. The highest BCUT2D eigenvalue weighted by atomic mass is 16.5. The smallest absolute Gasteiger partial charge is 0.161 e. The SMILES string of the molecule is CCOc1cc(CNCCOC)ccc1OCC(C)CC. The molecule has 0 radical (unpaired) electrons. The number of ether oxygens (including phenoxy) is 3. The maximum Gasteiger partial charge on any atom is 0.161 e. The zero-order chi connectivity index (χ0) is 15.5. The quantitative estimate of drug-likeness (QED) is 0.636. The van der Waals surface area contributed by atoms with Gasteiger partial charge in [0.05, 0.1) is 19.8 Å². The van der Waals surface area contributed by atoms with E-state index in [0.29, 0.717) is 19.1 Å². The van der Waals surface area contributed by atoms with E-state index in [4.69, 9.17) is 14.2 Å². The normalized spacial score (nSPS) is 12.2. The summed E-state index contributed by atoms with van der Waals surface area (Å²) in [6.07, 6.45) is 1.12. The summed E-state index contributed by atoms with van der Waals surface area (Å²) in [7, 11) is 1.71. The summed E-state index contributed by atoms with van der Waals surface area (Å²) < 4.78 is 16.6. The van der Waals surface area contributed by atoms with Crippen LogP contribution in [-0.2, 0) is 11.3 Å². The molecule has 0 bridgehead atoms. The molecule has 0 fully saturated rings. The van der Waals surface area contributed by atoms with Gasteiger partial charge in [-0.3, -0.25) is 0 Å². The molecule has 0 heterocycles. The average Bonchev–Trinajstić information content (AvgIpc) is 2.50. The lowest BCUT2D eigenvalue weighted by molar-refractivity contribution is 0.199. The molecule has 0 amide bonds. The van der Waals surface area contributed by atoms with E-state index in [9.17, 15) is 0 Å². The van der Waals surface area contributed by atoms with Crippen LogP contribution in [0.1, 0.15) is 32.8 Å². The van der Waals surface area contributed by atoms with Gasteiger partial charge in [0.25, 0.3) is 0 Å². The highest BCUT2D eigenvalue weighted by molar-refractivity contribution is 5.43. The Morgan fingerprint density at radius 1 is 1.14 bits per heavy atom.